The van der Waals surface area contributed by atoms with Crippen LogP contribution in [0.3, 0.4) is 0 Å². The Morgan fingerprint density at radius 1 is 0.474 bits per heavy atom. The van der Waals surface area contributed by atoms with Crippen molar-refractivity contribution in [3.05, 3.63) is 205 Å². The number of hydrogen-bond acceptors (Lipinski definition) is 3. The fourth-order valence-electron chi connectivity index (χ4n) is 9.07. The molecule has 0 N–H and O–H groups in total. The van der Waals surface area contributed by atoms with E-state index in [1.807, 2.05) is 24.3 Å². The molecule has 8 aromatic carbocycles. The van der Waals surface area contributed by atoms with Gasteiger partial charge in [0.05, 0.1) is 28.1 Å². The van der Waals surface area contributed by atoms with Gasteiger partial charge in [-0.1, -0.05) is 172 Å². The normalized spacial score (nSPS) is 13.2. The first kappa shape index (κ1) is 33.1. The van der Waals surface area contributed by atoms with Crippen LogP contribution in [-0.2, 0) is 5.41 Å². The summed E-state index contributed by atoms with van der Waals surface area (Å²) in [4.78, 5) is 13.0. The lowest BCUT2D eigenvalue weighted by molar-refractivity contribution is 0.632. The van der Waals surface area contributed by atoms with Crippen molar-refractivity contribution >= 4 is 49.6 Å². The van der Waals surface area contributed by atoms with E-state index < -0.39 is 0 Å². The first-order valence-corrected chi connectivity index (χ1v) is 19.6. The number of fused-ring (bicyclic) bond motifs is 7. The molecular formula is C53H38N4. The van der Waals surface area contributed by atoms with Gasteiger partial charge < -0.3 is 4.90 Å². The molecule has 2 aromatic heterocycles. The van der Waals surface area contributed by atoms with E-state index in [0.717, 1.165) is 50.5 Å². The van der Waals surface area contributed by atoms with Crippen LogP contribution in [0.2, 0.25) is 0 Å². The summed E-state index contributed by atoms with van der Waals surface area (Å²) in [6.07, 6.45) is 0. The van der Waals surface area contributed by atoms with Crippen LogP contribution in [-0.4, -0.2) is 14.5 Å². The molecule has 0 fully saturated rings. The van der Waals surface area contributed by atoms with Gasteiger partial charge in [0.25, 0.3) is 0 Å². The maximum Gasteiger partial charge on any atom is 0.162 e. The molecule has 4 nitrogen and oxygen atoms in total. The second-order valence-corrected chi connectivity index (χ2v) is 15.4. The Labute approximate surface area is 332 Å². The van der Waals surface area contributed by atoms with Crippen molar-refractivity contribution in [1.29, 1.82) is 0 Å². The Kier molecular flexibility index (Phi) is 7.48. The molecule has 1 aliphatic heterocycles. The van der Waals surface area contributed by atoms with E-state index in [2.05, 4.69) is 193 Å². The van der Waals surface area contributed by atoms with Gasteiger partial charge in [0.1, 0.15) is 5.82 Å². The summed E-state index contributed by atoms with van der Waals surface area (Å²) in [6.45, 7) is 4.69. The molecule has 0 unspecified atom stereocenters. The molecule has 0 saturated carbocycles. The van der Waals surface area contributed by atoms with Gasteiger partial charge in [-0.05, 0) is 57.8 Å². The van der Waals surface area contributed by atoms with Crippen LogP contribution in [0.1, 0.15) is 25.0 Å². The summed E-state index contributed by atoms with van der Waals surface area (Å²) in [5.41, 5.74) is 13.3. The SMILES string of the molecule is CC1(C)c2ccccc2N(c2ccccc2)c2cc(-c3cccc4c5c6ccccc6ccc5n(-c5cc(-c6ccccc6)nc(-c6ccccc6)n5)c34)ccc21. The maximum absolute atomic E-state index is 5.40. The van der Waals surface area contributed by atoms with Crippen LogP contribution in [0.4, 0.5) is 17.1 Å². The number of benzene rings is 8. The van der Waals surface area contributed by atoms with E-state index in [9.17, 15) is 0 Å². The largest absolute Gasteiger partial charge is 0.310 e. The molecule has 4 heteroatoms. The molecular weight excluding hydrogens is 693 g/mol. The molecule has 0 amide bonds. The van der Waals surface area contributed by atoms with Crippen molar-refractivity contribution in [1.82, 2.24) is 14.5 Å². The monoisotopic (exact) mass is 730 g/mol. The van der Waals surface area contributed by atoms with Gasteiger partial charge in [0.15, 0.2) is 5.82 Å². The molecule has 0 radical (unpaired) electrons. The molecule has 0 bridgehead atoms. The first-order chi connectivity index (χ1) is 28.0. The van der Waals surface area contributed by atoms with Crippen LogP contribution in [0.5, 0.6) is 0 Å². The average Bonchev–Trinajstić information content (AvgIpc) is 3.62. The lowest BCUT2D eigenvalue weighted by atomic mass is 9.73. The quantitative estimate of drug-likeness (QED) is 0.177. The Morgan fingerprint density at radius 2 is 1.14 bits per heavy atom. The maximum atomic E-state index is 5.40. The highest BCUT2D eigenvalue weighted by molar-refractivity contribution is 6.23. The van der Waals surface area contributed by atoms with Crippen LogP contribution < -0.4 is 4.90 Å². The van der Waals surface area contributed by atoms with E-state index in [1.165, 1.54) is 44.0 Å². The fourth-order valence-corrected chi connectivity index (χ4v) is 9.07. The van der Waals surface area contributed by atoms with Gasteiger partial charge >= 0.3 is 0 Å². The van der Waals surface area contributed by atoms with E-state index in [1.54, 1.807) is 0 Å². The van der Waals surface area contributed by atoms with Gasteiger partial charge in [-0.25, -0.2) is 9.97 Å². The molecule has 0 saturated heterocycles. The van der Waals surface area contributed by atoms with Crippen molar-refractivity contribution in [3.63, 3.8) is 0 Å². The van der Waals surface area contributed by atoms with Crippen molar-refractivity contribution in [3.8, 4) is 39.6 Å². The van der Waals surface area contributed by atoms with Gasteiger partial charge in [-0.15, -0.1) is 0 Å². The smallest absolute Gasteiger partial charge is 0.162 e. The highest BCUT2D eigenvalue weighted by atomic mass is 15.2. The Bertz CT molecular complexity index is 3090. The summed E-state index contributed by atoms with van der Waals surface area (Å²) in [5.74, 6) is 1.51. The predicted molar refractivity (Wildman–Crippen MR) is 237 cm³/mol. The van der Waals surface area contributed by atoms with E-state index in [4.69, 9.17) is 9.97 Å². The minimum Gasteiger partial charge on any atom is -0.310 e. The van der Waals surface area contributed by atoms with Crippen molar-refractivity contribution < 1.29 is 0 Å². The first-order valence-electron chi connectivity index (χ1n) is 19.6. The minimum absolute atomic E-state index is 0.196. The standard InChI is InChI=1S/C53H38N4/c1-53(2)43-27-14-15-28-46(43)56(39-22-10-5-11-23-39)48-33-38(29-31-44(48)53)41-25-16-26-42-50-40-24-13-12-17-35(40)30-32-47(50)57(51(41)42)49-34-45(36-18-6-3-7-19-36)54-52(55-49)37-20-8-4-9-21-37/h3-34H,1-2H3. The van der Waals surface area contributed by atoms with E-state index in [-0.39, 0.29) is 5.41 Å². The second kappa shape index (κ2) is 12.9. The predicted octanol–water partition coefficient (Wildman–Crippen LogP) is 13.8. The Hall–Kier alpha value is -7.30. The van der Waals surface area contributed by atoms with Crippen molar-refractivity contribution in [2.45, 2.75) is 19.3 Å². The molecule has 3 heterocycles. The average molecular weight is 731 g/mol. The summed E-state index contributed by atoms with van der Waals surface area (Å²) in [7, 11) is 0. The summed E-state index contributed by atoms with van der Waals surface area (Å²) >= 11 is 0. The van der Waals surface area contributed by atoms with Gasteiger partial charge in [-0.2, -0.15) is 0 Å². The van der Waals surface area contributed by atoms with Crippen molar-refractivity contribution in [2.75, 3.05) is 4.90 Å². The number of rotatable bonds is 5. The second-order valence-electron chi connectivity index (χ2n) is 15.4. The third-order valence-electron chi connectivity index (χ3n) is 11.8. The van der Waals surface area contributed by atoms with Gasteiger partial charge in [0.2, 0.25) is 0 Å². The zero-order valence-electron chi connectivity index (χ0n) is 31.8. The summed E-state index contributed by atoms with van der Waals surface area (Å²) < 4.78 is 2.38. The number of nitrogens with zero attached hydrogens (tertiary/aromatic N) is 4. The molecule has 0 spiro atoms. The summed E-state index contributed by atoms with van der Waals surface area (Å²) in [5, 5.41) is 4.82. The topological polar surface area (TPSA) is 34.0 Å². The zero-order valence-corrected chi connectivity index (χ0v) is 31.8. The third kappa shape index (κ3) is 5.22. The molecule has 10 aromatic rings. The van der Waals surface area contributed by atoms with Crippen LogP contribution >= 0.6 is 0 Å². The molecule has 11 rings (SSSR count). The van der Waals surface area contributed by atoms with Crippen molar-refractivity contribution in [2.24, 2.45) is 0 Å². The lowest BCUT2D eigenvalue weighted by Gasteiger charge is -2.42. The van der Waals surface area contributed by atoms with E-state index in [0.29, 0.717) is 5.82 Å². The number of hydrogen-bond donors (Lipinski definition) is 0. The highest BCUT2D eigenvalue weighted by Crippen LogP contribution is 2.53. The summed E-state index contributed by atoms with van der Waals surface area (Å²) in [6, 6.07) is 69.5. The third-order valence-corrected chi connectivity index (χ3v) is 11.8. The van der Waals surface area contributed by atoms with Gasteiger partial charge in [-0.3, -0.25) is 4.57 Å². The van der Waals surface area contributed by atoms with Gasteiger partial charge in [0, 0.05) is 44.6 Å². The molecule has 270 valence electrons. The molecule has 1 aliphatic rings. The zero-order chi connectivity index (χ0) is 38.1. The number of anilines is 3. The van der Waals surface area contributed by atoms with Crippen LogP contribution in [0, 0.1) is 0 Å². The number of para-hydroxylation sites is 3. The molecule has 57 heavy (non-hydrogen) atoms. The van der Waals surface area contributed by atoms with Crippen LogP contribution in [0.15, 0.2) is 194 Å². The molecule has 0 atom stereocenters. The molecule has 0 aliphatic carbocycles. The fraction of sp³-hybridized carbons (Fsp3) is 0.0566. The lowest BCUT2D eigenvalue weighted by Crippen LogP contribution is -2.30. The Balaban J connectivity index is 1.23. The minimum atomic E-state index is -0.196. The van der Waals surface area contributed by atoms with E-state index >= 15 is 0 Å². The number of aromatic nitrogens is 3. The Morgan fingerprint density at radius 3 is 1.95 bits per heavy atom. The van der Waals surface area contributed by atoms with Crippen LogP contribution in [0.25, 0.3) is 72.2 Å². The highest BCUT2D eigenvalue weighted by Gasteiger charge is 2.37.